The fourth-order valence-electron chi connectivity index (χ4n) is 3.03. The molecule has 1 aliphatic heterocycles. The van der Waals surface area contributed by atoms with Crippen molar-refractivity contribution in [2.75, 3.05) is 18.0 Å². The van der Waals surface area contributed by atoms with Gasteiger partial charge in [0.1, 0.15) is 0 Å². The van der Waals surface area contributed by atoms with Gasteiger partial charge in [0, 0.05) is 22.1 Å². The van der Waals surface area contributed by atoms with E-state index in [0.717, 1.165) is 24.4 Å². The molecule has 3 rings (SSSR count). The highest BCUT2D eigenvalue weighted by atomic mass is 35.5. The summed E-state index contributed by atoms with van der Waals surface area (Å²) in [6.07, 6.45) is 2.00. The summed E-state index contributed by atoms with van der Waals surface area (Å²) in [7, 11) is 0. The second kappa shape index (κ2) is 5.76. The van der Waals surface area contributed by atoms with Gasteiger partial charge in [-0.05, 0) is 67.1 Å². The number of nitrogens with zero attached hydrogens (tertiary/aromatic N) is 1. The van der Waals surface area contributed by atoms with E-state index in [9.17, 15) is 0 Å². The molecule has 2 nitrogen and oxygen atoms in total. The molecule has 20 heavy (non-hydrogen) atoms. The zero-order chi connectivity index (χ0) is 14.1. The summed E-state index contributed by atoms with van der Waals surface area (Å²) in [4.78, 5) is 4.01. The molecule has 0 amide bonds. The Hall–Kier alpha value is -1.03. The van der Waals surface area contributed by atoms with Crippen molar-refractivity contribution in [2.24, 2.45) is 5.73 Å². The van der Waals surface area contributed by atoms with E-state index in [0.29, 0.717) is 12.6 Å². The van der Waals surface area contributed by atoms with Crippen molar-refractivity contribution < 1.29 is 0 Å². The first-order chi connectivity index (χ1) is 9.70. The van der Waals surface area contributed by atoms with E-state index in [4.69, 9.17) is 17.3 Å². The average molecular weight is 307 g/mol. The summed E-state index contributed by atoms with van der Waals surface area (Å²) >= 11 is 8.01. The summed E-state index contributed by atoms with van der Waals surface area (Å²) < 4.78 is 0. The van der Waals surface area contributed by atoms with Crippen LogP contribution < -0.4 is 10.6 Å². The smallest absolute Gasteiger partial charge is 0.0525 e. The van der Waals surface area contributed by atoms with Gasteiger partial charge in [0.25, 0.3) is 0 Å². The van der Waals surface area contributed by atoms with Gasteiger partial charge < -0.3 is 10.6 Å². The third kappa shape index (κ3) is 2.46. The van der Waals surface area contributed by atoms with Gasteiger partial charge in [-0.25, -0.2) is 0 Å². The van der Waals surface area contributed by atoms with Crippen LogP contribution in [0.5, 0.6) is 0 Å². The number of thiophene rings is 1. The number of halogens is 1. The average Bonchev–Trinajstić information content (AvgIpc) is 2.90. The number of fused-ring (bicyclic) bond motifs is 1. The Morgan fingerprint density at radius 2 is 2.25 bits per heavy atom. The van der Waals surface area contributed by atoms with Gasteiger partial charge in [-0.15, -0.1) is 11.3 Å². The first-order valence-electron chi connectivity index (χ1n) is 7.02. The molecule has 0 bridgehead atoms. The molecular weight excluding hydrogens is 288 g/mol. The number of benzene rings is 1. The van der Waals surface area contributed by atoms with Crippen molar-refractivity contribution in [3.8, 4) is 0 Å². The molecule has 0 saturated heterocycles. The minimum atomic E-state index is 0.419. The predicted octanol–water partition coefficient (Wildman–Crippen LogP) is 4.03. The molecule has 0 fully saturated rings. The molecule has 4 heteroatoms. The minimum Gasteiger partial charge on any atom is -0.364 e. The maximum Gasteiger partial charge on any atom is 0.0525 e. The Kier molecular flexibility index (Phi) is 4.01. The van der Waals surface area contributed by atoms with Gasteiger partial charge in [-0.2, -0.15) is 0 Å². The highest BCUT2D eigenvalue weighted by Gasteiger charge is 2.26. The Morgan fingerprint density at radius 1 is 1.40 bits per heavy atom. The first-order valence-corrected chi connectivity index (χ1v) is 8.28. The standard InChI is InChI=1S/C16H19ClN2S/c1-11-14-6-9-20-16(14)5-8-19(11)15-3-2-13(17)10-12(15)4-7-18/h2-3,6,9-11H,4-5,7-8,18H2,1H3. The number of rotatable bonds is 3. The lowest BCUT2D eigenvalue weighted by molar-refractivity contribution is 0.629. The van der Waals surface area contributed by atoms with Gasteiger partial charge in [0.05, 0.1) is 6.04 Å². The molecule has 0 saturated carbocycles. The van der Waals surface area contributed by atoms with Crippen LogP contribution in [0, 0.1) is 0 Å². The van der Waals surface area contributed by atoms with E-state index < -0.39 is 0 Å². The van der Waals surface area contributed by atoms with E-state index in [2.05, 4.69) is 35.4 Å². The molecule has 1 aromatic heterocycles. The fourth-order valence-corrected chi connectivity index (χ4v) is 4.19. The third-order valence-electron chi connectivity index (χ3n) is 4.04. The Bertz CT molecular complexity index is 608. The molecular formula is C16H19ClN2S. The van der Waals surface area contributed by atoms with Gasteiger partial charge >= 0.3 is 0 Å². The van der Waals surface area contributed by atoms with Crippen LogP contribution in [0.2, 0.25) is 5.02 Å². The van der Waals surface area contributed by atoms with Crippen LogP contribution in [0.4, 0.5) is 5.69 Å². The Labute approximate surface area is 129 Å². The molecule has 0 radical (unpaired) electrons. The van der Waals surface area contributed by atoms with Gasteiger partial charge in [0.15, 0.2) is 0 Å². The van der Waals surface area contributed by atoms with Crippen molar-refractivity contribution in [1.29, 1.82) is 0 Å². The van der Waals surface area contributed by atoms with Crippen molar-refractivity contribution in [1.82, 2.24) is 0 Å². The lowest BCUT2D eigenvalue weighted by Gasteiger charge is -2.37. The zero-order valence-electron chi connectivity index (χ0n) is 11.6. The normalized spacial score (nSPS) is 18.1. The maximum absolute atomic E-state index is 6.13. The summed E-state index contributed by atoms with van der Waals surface area (Å²) in [5, 5.41) is 2.99. The van der Waals surface area contributed by atoms with E-state index in [1.54, 1.807) is 0 Å². The Morgan fingerprint density at radius 3 is 3.05 bits per heavy atom. The molecule has 0 aliphatic carbocycles. The molecule has 0 spiro atoms. The van der Waals surface area contributed by atoms with Crippen molar-refractivity contribution in [3.05, 3.63) is 50.7 Å². The van der Waals surface area contributed by atoms with Crippen molar-refractivity contribution in [3.63, 3.8) is 0 Å². The number of anilines is 1. The summed E-state index contributed by atoms with van der Waals surface area (Å²) in [5.41, 5.74) is 9.75. The molecule has 1 atom stereocenters. The monoisotopic (exact) mass is 306 g/mol. The van der Waals surface area contributed by atoms with Crippen molar-refractivity contribution in [2.45, 2.75) is 25.8 Å². The summed E-state index contributed by atoms with van der Waals surface area (Å²) in [5.74, 6) is 0. The van der Waals surface area contributed by atoms with E-state index in [1.807, 2.05) is 17.4 Å². The third-order valence-corrected chi connectivity index (χ3v) is 5.27. The zero-order valence-corrected chi connectivity index (χ0v) is 13.2. The van der Waals surface area contributed by atoms with Gasteiger partial charge in [-0.1, -0.05) is 11.6 Å². The largest absolute Gasteiger partial charge is 0.364 e. The quantitative estimate of drug-likeness (QED) is 0.928. The van der Waals surface area contributed by atoms with Crippen molar-refractivity contribution >= 4 is 28.6 Å². The molecule has 1 aromatic carbocycles. The second-order valence-corrected chi connectivity index (χ2v) is 6.67. The van der Waals surface area contributed by atoms with Crippen LogP contribution in [0.15, 0.2) is 29.6 Å². The van der Waals surface area contributed by atoms with Crippen LogP contribution in [0.1, 0.15) is 29.0 Å². The lowest BCUT2D eigenvalue weighted by atomic mass is 9.98. The Balaban J connectivity index is 1.98. The summed E-state index contributed by atoms with van der Waals surface area (Å²) in [6, 6.07) is 8.85. The second-order valence-electron chi connectivity index (χ2n) is 5.23. The molecule has 106 valence electrons. The van der Waals surface area contributed by atoms with Crippen LogP contribution in [-0.4, -0.2) is 13.1 Å². The molecule has 2 aromatic rings. The predicted molar refractivity (Wildman–Crippen MR) is 88.0 cm³/mol. The van der Waals surface area contributed by atoms with Crippen LogP contribution >= 0.6 is 22.9 Å². The van der Waals surface area contributed by atoms with Gasteiger partial charge in [0.2, 0.25) is 0 Å². The van der Waals surface area contributed by atoms with E-state index in [1.165, 1.54) is 21.7 Å². The summed E-state index contributed by atoms with van der Waals surface area (Å²) in [6.45, 7) is 4.00. The minimum absolute atomic E-state index is 0.419. The lowest BCUT2D eigenvalue weighted by Crippen LogP contribution is -2.33. The van der Waals surface area contributed by atoms with Crippen LogP contribution in [0.3, 0.4) is 0 Å². The number of hydrogen-bond donors (Lipinski definition) is 1. The molecule has 1 aliphatic rings. The van der Waals surface area contributed by atoms with E-state index in [-0.39, 0.29) is 0 Å². The number of hydrogen-bond acceptors (Lipinski definition) is 3. The fraction of sp³-hybridized carbons (Fsp3) is 0.375. The number of nitrogens with two attached hydrogens (primary N) is 1. The molecule has 2 N–H and O–H groups in total. The highest BCUT2D eigenvalue weighted by Crippen LogP contribution is 2.38. The molecule has 1 unspecified atom stereocenters. The maximum atomic E-state index is 6.13. The van der Waals surface area contributed by atoms with Gasteiger partial charge in [-0.3, -0.25) is 0 Å². The highest BCUT2D eigenvalue weighted by molar-refractivity contribution is 7.10. The first kappa shape index (κ1) is 13.9. The topological polar surface area (TPSA) is 29.3 Å². The molecule has 2 heterocycles. The van der Waals surface area contributed by atoms with E-state index >= 15 is 0 Å². The SMILES string of the molecule is CC1c2ccsc2CCN1c1ccc(Cl)cc1CCN. The van der Waals surface area contributed by atoms with Crippen LogP contribution in [-0.2, 0) is 12.8 Å². The van der Waals surface area contributed by atoms with Crippen LogP contribution in [0.25, 0.3) is 0 Å².